The van der Waals surface area contributed by atoms with Crippen LogP contribution in [0.4, 0.5) is 0 Å². The molecule has 0 radical (unpaired) electrons. The van der Waals surface area contributed by atoms with Gasteiger partial charge in [0.15, 0.2) is 0 Å². The molecule has 1 N–H and O–H groups in total. The minimum absolute atomic E-state index is 0.0311. The number of nitrogens with one attached hydrogen (secondary N) is 1. The van der Waals surface area contributed by atoms with Gasteiger partial charge in [-0.15, -0.1) is 0 Å². The Balaban J connectivity index is 4.40. The van der Waals surface area contributed by atoms with Crippen molar-refractivity contribution in [1.82, 2.24) is 10.2 Å². The number of amides is 2. The lowest BCUT2D eigenvalue weighted by Crippen LogP contribution is -2.46. The lowest BCUT2D eigenvalue weighted by molar-refractivity contribution is -0.128. The molecular formula is C13H26N2O2. The van der Waals surface area contributed by atoms with Crippen LogP contribution in [0.3, 0.4) is 0 Å². The van der Waals surface area contributed by atoms with Gasteiger partial charge >= 0.3 is 0 Å². The third kappa shape index (κ3) is 5.71. The molecule has 4 nitrogen and oxygen atoms in total. The molecule has 0 aromatic carbocycles. The van der Waals surface area contributed by atoms with E-state index in [9.17, 15) is 9.59 Å². The van der Waals surface area contributed by atoms with Gasteiger partial charge in [-0.3, -0.25) is 9.59 Å². The Hall–Kier alpha value is -1.06. The van der Waals surface area contributed by atoms with Gasteiger partial charge in [0.25, 0.3) is 0 Å². The van der Waals surface area contributed by atoms with Crippen molar-refractivity contribution < 1.29 is 9.59 Å². The van der Waals surface area contributed by atoms with E-state index in [1.54, 1.807) is 7.05 Å². The molecule has 0 heterocycles. The van der Waals surface area contributed by atoms with Gasteiger partial charge < -0.3 is 10.2 Å². The summed E-state index contributed by atoms with van der Waals surface area (Å²) in [6.45, 7) is 10.7. The van der Waals surface area contributed by atoms with Gasteiger partial charge in [0, 0.05) is 19.6 Å². The molecule has 0 spiro atoms. The fourth-order valence-electron chi connectivity index (χ4n) is 1.34. The molecule has 0 aromatic rings. The molecule has 0 saturated heterocycles. The molecule has 0 aliphatic carbocycles. The molecular weight excluding hydrogens is 216 g/mol. The maximum absolute atomic E-state index is 12.0. The van der Waals surface area contributed by atoms with Gasteiger partial charge in [-0.2, -0.15) is 0 Å². The Kier molecular flexibility index (Phi) is 6.21. The Morgan fingerprint density at radius 1 is 1.41 bits per heavy atom. The maximum atomic E-state index is 12.0. The van der Waals surface area contributed by atoms with Gasteiger partial charge in [0.2, 0.25) is 12.3 Å². The number of nitrogens with zero attached hydrogens (tertiary/aromatic N) is 1. The molecule has 2 amide bonds. The van der Waals surface area contributed by atoms with Crippen LogP contribution >= 0.6 is 0 Å². The first-order valence-electron chi connectivity index (χ1n) is 6.18. The topological polar surface area (TPSA) is 49.4 Å². The zero-order valence-corrected chi connectivity index (χ0v) is 11.9. The highest BCUT2D eigenvalue weighted by molar-refractivity contribution is 5.79. The van der Waals surface area contributed by atoms with Gasteiger partial charge in [0.1, 0.15) is 0 Å². The Morgan fingerprint density at radius 2 is 1.94 bits per heavy atom. The lowest BCUT2D eigenvalue weighted by atomic mass is 9.87. The summed E-state index contributed by atoms with van der Waals surface area (Å²) in [7, 11) is 1.69. The minimum atomic E-state index is -0.130. The van der Waals surface area contributed by atoms with E-state index in [0.717, 1.165) is 12.8 Å². The highest BCUT2D eigenvalue weighted by Crippen LogP contribution is 2.19. The Labute approximate surface area is 105 Å². The smallest absolute Gasteiger partial charge is 0.225 e. The third-order valence-electron chi connectivity index (χ3n) is 3.21. The molecule has 0 saturated carbocycles. The molecule has 100 valence electrons. The molecule has 0 aliphatic rings. The third-order valence-corrected chi connectivity index (χ3v) is 3.21. The van der Waals surface area contributed by atoms with E-state index in [4.69, 9.17) is 0 Å². The van der Waals surface area contributed by atoms with Crippen molar-refractivity contribution in [3.8, 4) is 0 Å². The Morgan fingerprint density at radius 3 is 2.29 bits per heavy atom. The standard InChI is InChI=1S/C13H26N2O2/c1-7-11(8-15(6)9-16)12(17)14-10(2)13(3,4)5/h9-11H,7-8H2,1-6H3,(H,14,17)/t10-,11-/m1/s1. The van der Waals surface area contributed by atoms with Crippen LogP contribution in [-0.4, -0.2) is 36.9 Å². The molecule has 0 aliphatic heterocycles. The van der Waals surface area contributed by atoms with Crippen molar-refractivity contribution in [2.45, 2.75) is 47.1 Å². The summed E-state index contributed by atoms with van der Waals surface area (Å²) in [5, 5.41) is 3.02. The van der Waals surface area contributed by atoms with E-state index in [0.29, 0.717) is 6.54 Å². The van der Waals surface area contributed by atoms with E-state index in [-0.39, 0.29) is 23.3 Å². The van der Waals surface area contributed by atoms with Crippen molar-refractivity contribution in [1.29, 1.82) is 0 Å². The van der Waals surface area contributed by atoms with Gasteiger partial charge in [-0.25, -0.2) is 0 Å². The van der Waals surface area contributed by atoms with E-state index < -0.39 is 0 Å². The average Bonchev–Trinajstić information content (AvgIpc) is 2.23. The molecule has 0 bridgehead atoms. The zero-order chi connectivity index (χ0) is 13.6. The second kappa shape index (κ2) is 6.62. The Bertz CT molecular complexity index is 259. The van der Waals surface area contributed by atoms with Crippen LogP contribution in [0.2, 0.25) is 0 Å². The second-order valence-corrected chi connectivity index (χ2v) is 5.75. The fourth-order valence-corrected chi connectivity index (χ4v) is 1.34. The number of carbonyl (C=O) groups excluding carboxylic acids is 2. The normalized spacial score (nSPS) is 14.9. The SMILES string of the molecule is CC[C@H](CN(C)C=O)C(=O)N[C@H](C)C(C)(C)C. The largest absolute Gasteiger partial charge is 0.353 e. The van der Waals surface area contributed by atoms with Crippen molar-refractivity contribution in [3.63, 3.8) is 0 Å². The van der Waals surface area contributed by atoms with Crippen molar-refractivity contribution in [2.24, 2.45) is 11.3 Å². The molecule has 0 unspecified atom stereocenters. The summed E-state index contributed by atoms with van der Waals surface area (Å²) in [5.74, 6) is -0.0985. The highest BCUT2D eigenvalue weighted by Gasteiger charge is 2.25. The van der Waals surface area contributed by atoms with Crippen LogP contribution in [0.5, 0.6) is 0 Å². The second-order valence-electron chi connectivity index (χ2n) is 5.75. The summed E-state index contributed by atoms with van der Waals surface area (Å²) in [5.41, 5.74) is 0.0461. The van der Waals surface area contributed by atoms with Crippen LogP contribution in [0.1, 0.15) is 41.0 Å². The summed E-state index contributed by atoms with van der Waals surface area (Å²) >= 11 is 0. The number of rotatable bonds is 6. The van der Waals surface area contributed by atoms with E-state index in [1.165, 1.54) is 4.90 Å². The molecule has 2 atom stereocenters. The molecule has 0 aromatic heterocycles. The first kappa shape index (κ1) is 15.9. The predicted molar refractivity (Wildman–Crippen MR) is 69.5 cm³/mol. The quantitative estimate of drug-likeness (QED) is 0.720. The predicted octanol–water partition coefficient (Wildman–Crippen LogP) is 1.65. The van der Waals surface area contributed by atoms with Crippen LogP contribution in [0.25, 0.3) is 0 Å². The first-order valence-corrected chi connectivity index (χ1v) is 6.18. The van der Waals surface area contributed by atoms with Gasteiger partial charge in [-0.05, 0) is 18.8 Å². The van der Waals surface area contributed by atoms with Crippen LogP contribution in [0.15, 0.2) is 0 Å². The average molecular weight is 242 g/mol. The lowest BCUT2D eigenvalue weighted by Gasteiger charge is -2.30. The van der Waals surface area contributed by atoms with Gasteiger partial charge in [0.05, 0.1) is 5.92 Å². The number of carbonyl (C=O) groups is 2. The zero-order valence-electron chi connectivity index (χ0n) is 11.9. The van der Waals surface area contributed by atoms with Gasteiger partial charge in [-0.1, -0.05) is 27.7 Å². The molecule has 17 heavy (non-hydrogen) atoms. The molecule has 4 heteroatoms. The number of hydrogen-bond acceptors (Lipinski definition) is 2. The summed E-state index contributed by atoms with van der Waals surface area (Å²) in [6.07, 6.45) is 1.49. The highest BCUT2D eigenvalue weighted by atomic mass is 16.2. The van der Waals surface area contributed by atoms with Crippen LogP contribution < -0.4 is 5.32 Å². The monoisotopic (exact) mass is 242 g/mol. The summed E-state index contributed by atoms with van der Waals surface area (Å²) < 4.78 is 0. The molecule has 0 fully saturated rings. The molecule has 0 rings (SSSR count). The van der Waals surface area contributed by atoms with E-state index in [2.05, 4.69) is 26.1 Å². The summed E-state index contributed by atoms with van der Waals surface area (Å²) in [4.78, 5) is 24.1. The minimum Gasteiger partial charge on any atom is -0.353 e. The van der Waals surface area contributed by atoms with Crippen molar-refractivity contribution in [3.05, 3.63) is 0 Å². The number of hydrogen-bond donors (Lipinski definition) is 1. The van der Waals surface area contributed by atoms with E-state index >= 15 is 0 Å². The fraction of sp³-hybridized carbons (Fsp3) is 0.846. The van der Waals surface area contributed by atoms with Crippen molar-refractivity contribution >= 4 is 12.3 Å². The van der Waals surface area contributed by atoms with E-state index in [1.807, 2.05) is 13.8 Å². The van der Waals surface area contributed by atoms with Crippen LogP contribution in [0, 0.1) is 11.3 Å². The first-order chi connectivity index (χ1) is 7.72. The summed E-state index contributed by atoms with van der Waals surface area (Å²) in [6, 6.07) is 0.116. The van der Waals surface area contributed by atoms with Crippen LogP contribution in [-0.2, 0) is 9.59 Å². The maximum Gasteiger partial charge on any atom is 0.225 e. The van der Waals surface area contributed by atoms with Crippen molar-refractivity contribution in [2.75, 3.05) is 13.6 Å².